The molecule has 0 aliphatic carbocycles. The van der Waals surface area contributed by atoms with Crippen molar-refractivity contribution in [3.63, 3.8) is 0 Å². The van der Waals surface area contributed by atoms with Crippen molar-refractivity contribution in [3.8, 4) is 5.95 Å². The van der Waals surface area contributed by atoms with E-state index in [0.29, 0.717) is 5.95 Å². The molecular weight excluding hydrogens is 200 g/mol. The van der Waals surface area contributed by atoms with Crippen molar-refractivity contribution in [2.75, 3.05) is 5.73 Å². The van der Waals surface area contributed by atoms with Gasteiger partial charge in [-0.1, -0.05) is 0 Å². The molecule has 0 aliphatic heterocycles. The maximum Gasteiger partial charge on any atom is 0.234 e. The highest BCUT2D eigenvalue weighted by Crippen LogP contribution is 2.20. The third-order valence-corrected chi connectivity index (χ3v) is 2.48. The van der Waals surface area contributed by atoms with Crippen LogP contribution in [0.5, 0.6) is 0 Å². The first kappa shape index (κ1) is 8.91. The van der Waals surface area contributed by atoms with Crippen LogP contribution in [0.2, 0.25) is 0 Å². The number of rotatable bonds is 1. The quantitative estimate of drug-likeness (QED) is 0.625. The maximum absolute atomic E-state index is 5.73. The lowest BCUT2D eigenvalue weighted by molar-refractivity contribution is 0.962. The van der Waals surface area contributed by atoms with Crippen LogP contribution in [-0.2, 0) is 0 Å². The van der Waals surface area contributed by atoms with Gasteiger partial charge in [0.15, 0.2) is 0 Å². The standard InChI is InChI=1S/C12H10N4/c13-10-2-3-11-9(8-10)4-7-16(11)12-14-5-1-6-15-12/h1-8H,13H2. The van der Waals surface area contributed by atoms with Gasteiger partial charge in [-0.05, 0) is 30.3 Å². The number of aromatic nitrogens is 3. The predicted molar refractivity (Wildman–Crippen MR) is 63.3 cm³/mol. The average molecular weight is 210 g/mol. The van der Waals surface area contributed by atoms with Gasteiger partial charge in [0, 0.05) is 29.7 Å². The molecule has 0 amide bonds. The summed E-state index contributed by atoms with van der Waals surface area (Å²) in [6.45, 7) is 0. The normalized spacial score (nSPS) is 10.8. The van der Waals surface area contributed by atoms with Gasteiger partial charge < -0.3 is 5.73 Å². The van der Waals surface area contributed by atoms with Crippen molar-refractivity contribution < 1.29 is 0 Å². The fraction of sp³-hybridized carbons (Fsp3) is 0. The number of hydrogen-bond acceptors (Lipinski definition) is 3. The van der Waals surface area contributed by atoms with Crippen molar-refractivity contribution in [3.05, 3.63) is 48.9 Å². The molecule has 2 N–H and O–H groups in total. The van der Waals surface area contributed by atoms with Crippen LogP contribution in [0.1, 0.15) is 0 Å². The van der Waals surface area contributed by atoms with Crippen molar-refractivity contribution in [1.82, 2.24) is 14.5 Å². The van der Waals surface area contributed by atoms with Crippen LogP contribution in [0.4, 0.5) is 5.69 Å². The highest BCUT2D eigenvalue weighted by molar-refractivity contribution is 5.84. The fourth-order valence-electron chi connectivity index (χ4n) is 1.75. The lowest BCUT2D eigenvalue weighted by Gasteiger charge is -2.02. The van der Waals surface area contributed by atoms with Crippen molar-refractivity contribution in [1.29, 1.82) is 0 Å². The summed E-state index contributed by atoms with van der Waals surface area (Å²) in [5, 5.41) is 1.09. The Bertz CT molecular complexity index is 628. The van der Waals surface area contributed by atoms with Gasteiger partial charge in [-0.3, -0.25) is 4.57 Å². The molecule has 0 saturated heterocycles. The average Bonchev–Trinajstić information content (AvgIpc) is 2.73. The summed E-state index contributed by atoms with van der Waals surface area (Å²) < 4.78 is 1.94. The second-order valence-corrected chi connectivity index (χ2v) is 3.55. The van der Waals surface area contributed by atoms with Gasteiger partial charge in [0.05, 0.1) is 5.52 Å². The third-order valence-electron chi connectivity index (χ3n) is 2.48. The number of fused-ring (bicyclic) bond motifs is 1. The minimum Gasteiger partial charge on any atom is -0.399 e. The van der Waals surface area contributed by atoms with E-state index in [1.807, 2.05) is 35.0 Å². The van der Waals surface area contributed by atoms with Gasteiger partial charge >= 0.3 is 0 Å². The van der Waals surface area contributed by atoms with Crippen LogP contribution >= 0.6 is 0 Å². The van der Waals surface area contributed by atoms with Crippen LogP contribution in [0.15, 0.2) is 48.9 Å². The van der Waals surface area contributed by atoms with E-state index in [1.165, 1.54) is 0 Å². The minimum absolute atomic E-state index is 0.669. The van der Waals surface area contributed by atoms with E-state index < -0.39 is 0 Å². The zero-order valence-electron chi connectivity index (χ0n) is 8.54. The Morgan fingerprint density at radius 2 is 1.88 bits per heavy atom. The van der Waals surface area contributed by atoms with Gasteiger partial charge in [0.2, 0.25) is 5.95 Å². The Morgan fingerprint density at radius 3 is 2.69 bits per heavy atom. The summed E-state index contributed by atoms with van der Waals surface area (Å²) in [5.41, 5.74) is 7.55. The molecule has 0 saturated carbocycles. The molecule has 3 aromatic rings. The first-order valence-electron chi connectivity index (χ1n) is 4.98. The maximum atomic E-state index is 5.73. The molecule has 2 heterocycles. The SMILES string of the molecule is Nc1ccc2c(ccn2-c2ncccn2)c1. The van der Waals surface area contributed by atoms with Crippen LogP contribution in [0, 0.1) is 0 Å². The molecular formula is C12H10N4. The predicted octanol–water partition coefficient (Wildman–Crippen LogP) is 2.00. The molecule has 2 aromatic heterocycles. The number of nitrogen functional groups attached to an aromatic ring is 1. The van der Waals surface area contributed by atoms with Crippen LogP contribution in [-0.4, -0.2) is 14.5 Å². The van der Waals surface area contributed by atoms with Gasteiger partial charge in [-0.25, -0.2) is 9.97 Å². The van der Waals surface area contributed by atoms with Crippen molar-refractivity contribution >= 4 is 16.6 Å². The van der Waals surface area contributed by atoms with E-state index in [0.717, 1.165) is 16.6 Å². The molecule has 0 unspecified atom stereocenters. The van der Waals surface area contributed by atoms with Crippen molar-refractivity contribution in [2.24, 2.45) is 0 Å². The lowest BCUT2D eigenvalue weighted by Crippen LogP contribution is -1.97. The molecule has 3 rings (SSSR count). The Balaban J connectivity index is 2.26. The number of benzene rings is 1. The first-order valence-corrected chi connectivity index (χ1v) is 4.98. The smallest absolute Gasteiger partial charge is 0.234 e. The van der Waals surface area contributed by atoms with Gasteiger partial charge in [-0.2, -0.15) is 0 Å². The summed E-state index contributed by atoms with van der Waals surface area (Å²) in [5.74, 6) is 0.669. The third kappa shape index (κ3) is 1.32. The summed E-state index contributed by atoms with van der Waals surface area (Å²) in [6, 6.07) is 9.59. The molecule has 0 atom stereocenters. The monoisotopic (exact) mass is 210 g/mol. The Kier molecular flexibility index (Phi) is 1.86. The zero-order chi connectivity index (χ0) is 11.0. The zero-order valence-corrected chi connectivity index (χ0v) is 8.54. The Labute approximate surface area is 92.4 Å². The largest absolute Gasteiger partial charge is 0.399 e. The summed E-state index contributed by atoms with van der Waals surface area (Å²) in [7, 11) is 0. The topological polar surface area (TPSA) is 56.7 Å². The number of anilines is 1. The molecule has 78 valence electrons. The highest BCUT2D eigenvalue weighted by atomic mass is 15.1. The van der Waals surface area contributed by atoms with E-state index in [-0.39, 0.29) is 0 Å². The number of hydrogen-bond donors (Lipinski definition) is 1. The molecule has 1 aromatic carbocycles. The minimum atomic E-state index is 0.669. The summed E-state index contributed by atoms with van der Waals surface area (Å²) >= 11 is 0. The summed E-state index contributed by atoms with van der Waals surface area (Å²) in [6.07, 6.45) is 5.40. The molecule has 0 fully saturated rings. The Hall–Kier alpha value is -2.36. The van der Waals surface area contributed by atoms with E-state index in [2.05, 4.69) is 9.97 Å². The molecule has 4 nitrogen and oxygen atoms in total. The molecule has 0 bridgehead atoms. The second kappa shape index (κ2) is 3.34. The second-order valence-electron chi connectivity index (χ2n) is 3.55. The van der Waals surface area contributed by atoms with Crippen LogP contribution < -0.4 is 5.73 Å². The van der Waals surface area contributed by atoms with Gasteiger partial charge in [0.1, 0.15) is 0 Å². The Morgan fingerprint density at radius 1 is 1.06 bits per heavy atom. The fourth-order valence-corrected chi connectivity index (χ4v) is 1.75. The lowest BCUT2D eigenvalue weighted by atomic mass is 10.2. The summed E-state index contributed by atoms with van der Waals surface area (Å²) in [4.78, 5) is 8.43. The van der Waals surface area contributed by atoms with Crippen LogP contribution in [0.3, 0.4) is 0 Å². The van der Waals surface area contributed by atoms with E-state index in [4.69, 9.17) is 5.73 Å². The highest BCUT2D eigenvalue weighted by Gasteiger charge is 2.04. The molecule has 0 aliphatic rings. The van der Waals surface area contributed by atoms with Gasteiger partial charge in [0.25, 0.3) is 0 Å². The number of nitrogens with two attached hydrogens (primary N) is 1. The van der Waals surface area contributed by atoms with Gasteiger partial charge in [-0.15, -0.1) is 0 Å². The molecule has 16 heavy (non-hydrogen) atoms. The van der Waals surface area contributed by atoms with E-state index in [9.17, 15) is 0 Å². The molecule has 0 radical (unpaired) electrons. The molecule has 0 spiro atoms. The van der Waals surface area contributed by atoms with E-state index in [1.54, 1.807) is 18.5 Å². The number of nitrogens with zero attached hydrogens (tertiary/aromatic N) is 3. The van der Waals surface area contributed by atoms with Crippen molar-refractivity contribution in [2.45, 2.75) is 0 Å². The molecule has 4 heteroatoms. The van der Waals surface area contributed by atoms with E-state index >= 15 is 0 Å². The first-order chi connectivity index (χ1) is 7.84. The van der Waals surface area contributed by atoms with Crippen LogP contribution in [0.25, 0.3) is 16.9 Å².